The van der Waals surface area contributed by atoms with Crippen LogP contribution in [0.3, 0.4) is 0 Å². The molecule has 2 rings (SSSR count). The molecule has 4 nitrogen and oxygen atoms in total. The van der Waals surface area contributed by atoms with Crippen LogP contribution < -0.4 is 5.32 Å². The van der Waals surface area contributed by atoms with Crippen LogP contribution in [0.1, 0.15) is 11.6 Å². The number of carbonyl (C=O) groups is 1. The number of ether oxygens (including phenoxy) is 1. The standard InChI is InChI=1S/C10H7F2I2NO3/c11-10(12)3-18-9(17)15-8(10)5-1-4(13)2-6(14)7(5)16/h1-2,8,16H,3H2,(H,15,17)/t8-/m1/s1. The van der Waals surface area contributed by atoms with Crippen LogP contribution in [0.15, 0.2) is 12.1 Å². The lowest BCUT2D eigenvalue weighted by Gasteiger charge is -2.32. The van der Waals surface area contributed by atoms with E-state index in [2.05, 4.69) is 4.74 Å². The van der Waals surface area contributed by atoms with Gasteiger partial charge in [-0.3, -0.25) is 0 Å². The van der Waals surface area contributed by atoms with Crippen molar-refractivity contribution in [3.63, 3.8) is 0 Å². The summed E-state index contributed by atoms with van der Waals surface area (Å²) in [7, 11) is 0. The summed E-state index contributed by atoms with van der Waals surface area (Å²) in [5.41, 5.74) is -0.00653. The second kappa shape index (κ2) is 4.94. The molecule has 0 radical (unpaired) electrons. The summed E-state index contributed by atoms with van der Waals surface area (Å²) in [6.07, 6.45) is -0.917. The highest BCUT2D eigenvalue weighted by atomic mass is 127. The third-order valence-corrected chi connectivity index (χ3v) is 3.89. The third-order valence-electron chi connectivity index (χ3n) is 2.45. The molecule has 0 bridgehead atoms. The minimum Gasteiger partial charge on any atom is -0.506 e. The first kappa shape index (κ1) is 14.0. The van der Waals surface area contributed by atoms with Gasteiger partial charge in [0, 0.05) is 9.13 Å². The van der Waals surface area contributed by atoms with Crippen molar-refractivity contribution in [3.8, 4) is 5.75 Å². The van der Waals surface area contributed by atoms with Crippen molar-refractivity contribution in [1.82, 2.24) is 5.32 Å². The van der Waals surface area contributed by atoms with Gasteiger partial charge in [0.1, 0.15) is 11.8 Å². The first-order valence-electron chi connectivity index (χ1n) is 4.80. The third kappa shape index (κ3) is 2.63. The average molecular weight is 481 g/mol. The maximum Gasteiger partial charge on any atom is 0.408 e. The highest BCUT2D eigenvalue weighted by Gasteiger charge is 2.48. The summed E-state index contributed by atoms with van der Waals surface area (Å²) in [4.78, 5) is 11.1. The molecule has 18 heavy (non-hydrogen) atoms. The summed E-state index contributed by atoms with van der Waals surface area (Å²) < 4.78 is 32.8. The molecule has 98 valence electrons. The number of amides is 1. The molecule has 1 fully saturated rings. The molecule has 1 aromatic rings. The van der Waals surface area contributed by atoms with Crippen molar-refractivity contribution >= 4 is 51.3 Å². The van der Waals surface area contributed by atoms with Gasteiger partial charge in [-0.1, -0.05) is 0 Å². The monoisotopic (exact) mass is 481 g/mol. The molecule has 1 atom stereocenters. The van der Waals surface area contributed by atoms with E-state index in [4.69, 9.17) is 0 Å². The van der Waals surface area contributed by atoms with E-state index < -0.39 is 24.7 Å². The summed E-state index contributed by atoms with van der Waals surface area (Å²) in [6.45, 7) is -0.995. The number of aromatic hydroxyl groups is 1. The van der Waals surface area contributed by atoms with Gasteiger partial charge in [-0.15, -0.1) is 0 Å². The van der Waals surface area contributed by atoms with Gasteiger partial charge in [-0.2, -0.15) is 0 Å². The maximum absolute atomic E-state index is 13.7. The van der Waals surface area contributed by atoms with Gasteiger partial charge in [-0.05, 0) is 57.3 Å². The summed E-state index contributed by atoms with van der Waals surface area (Å²) in [5, 5.41) is 11.9. The zero-order valence-electron chi connectivity index (χ0n) is 8.71. The second-order valence-electron chi connectivity index (χ2n) is 3.74. The molecule has 0 saturated carbocycles. The van der Waals surface area contributed by atoms with Crippen LogP contribution in [-0.2, 0) is 4.74 Å². The average Bonchev–Trinajstić information content (AvgIpc) is 2.27. The Balaban J connectivity index is 2.49. The zero-order chi connectivity index (χ0) is 13.5. The van der Waals surface area contributed by atoms with Gasteiger partial charge < -0.3 is 15.2 Å². The number of hydrogen-bond donors (Lipinski definition) is 2. The van der Waals surface area contributed by atoms with E-state index in [9.17, 15) is 18.7 Å². The number of halogens is 4. The molecule has 0 spiro atoms. The number of carbonyl (C=O) groups excluding carboxylic acids is 1. The number of phenolic OH excluding ortho intramolecular Hbond substituents is 1. The van der Waals surface area contributed by atoms with Gasteiger partial charge in [0.05, 0.1) is 3.57 Å². The largest absolute Gasteiger partial charge is 0.506 e. The lowest BCUT2D eigenvalue weighted by atomic mass is 9.99. The minimum atomic E-state index is -3.26. The number of hydrogen-bond acceptors (Lipinski definition) is 3. The van der Waals surface area contributed by atoms with Gasteiger partial charge >= 0.3 is 12.0 Å². The molecular formula is C10H7F2I2NO3. The fourth-order valence-corrected chi connectivity index (χ4v) is 3.51. The predicted octanol–water partition coefficient (Wildman–Crippen LogP) is 3.02. The summed E-state index contributed by atoms with van der Waals surface area (Å²) >= 11 is 3.80. The van der Waals surface area contributed by atoms with E-state index in [0.717, 1.165) is 0 Å². The van der Waals surface area contributed by atoms with Crippen LogP contribution in [0.4, 0.5) is 13.6 Å². The van der Waals surface area contributed by atoms with Gasteiger partial charge in [-0.25, -0.2) is 13.6 Å². The van der Waals surface area contributed by atoms with Crippen molar-refractivity contribution in [1.29, 1.82) is 0 Å². The van der Waals surface area contributed by atoms with Crippen LogP contribution in [-0.4, -0.2) is 23.7 Å². The van der Waals surface area contributed by atoms with Crippen LogP contribution in [0.2, 0.25) is 0 Å². The van der Waals surface area contributed by atoms with Crippen LogP contribution in [0.25, 0.3) is 0 Å². The zero-order valence-corrected chi connectivity index (χ0v) is 13.0. The maximum atomic E-state index is 13.7. The Kier molecular flexibility index (Phi) is 3.85. The SMILES string of the molecule is O=C1N[C@H](c2cc(I)cc(I)c2O)C(F)(F)CO1. The lowest BCUT2D eigenvalue weighted by molar-refractivity contribution is -0.104. The molecule has 8 heteroatoms. The Labute approximate surface area is 128 Å². The highest BCUT2D eigenvalue weighted by molar-refractivity contribution is 14.1. The molecule has 0 aliphatic carbocycles. The number of nitrogens with one attached hydrogen (secondary N) is 1. The van der Waals surface area contributed by atoms with Gasteiger partial charge in [0.15, 0.2) is 6.61 Å². The number of alkyl halides is 2. The number of cyclic esters (lactones) is 1. The fourth-order valence-electron chi connectivity index (χ4n) is 1.62. The minimum absolute atomic E-state index is 0.00653. The van der Waals surface area contributed by atoms with Crippen LogP contribution in [0, 0.1) is 7.14 Å². The summed E-state index contributed by atoms with van der Waals surface area (Å²) in [6, 6.07) is 1.49. The smallest absolute Gasteiger partial charge is 0.408 e. The number of benzene rings is 1. The topological polar surface area (TPSA) is 58.6 Å². The molecule has 0 unspecified atom stereocenters. The molecule has 0 aromatic heterocycles. The van der Waals surface area contributed by atoms with Crippen molar-refractivity contribution in [2.75, 3.05) is 6.61 Å². The van der Waals surface area contributed by atoms with Gasteiger partial charge in [0.25, 0.3) is 0 Å². The first-order chi connectivity index (χ1) is 8.31. The normalized spacial score (nSPS) is 22.2. The Bertz CT molecular complexity index is 510. The van der Waals surface area contributed by atoms with E-state index in [1.807, 2.05) is 50.5 Å². The molecule has 1 aliphatic heterocycles. The van der Waals surface area contributed by atoms with E-state index in [1.165, 1.54) is 6.07 Å². The Morgan fingerprint density at radius 3 is 2.78 bits per heavy atom. The van der Waals surface area contributed by atoms with E-state index in [-0.39, 0.29) is 11.3 Å². The van der Waals surface area contributed by atoms with Crippen molar-refractivity contribution < 1.29 is 23.4 Å². The summed E-state index contributed by atoms with van der Waals surface area (Å²) in [5.74, 6) is -3.51. The Hall–Kier alpha value is -0.390. The van der Waals surface area contributed by atoms with Crippen LogP contribution >= 0.6 is 45.2 Å². The van der Waals surface area contributed by atoms with Crippen LogP contribution in [0.5, 0.6) is 5.75 Å². The molecule has 2 N–H and O–H groups in total. The molecule has 1 saturated heterocycles. The number of rotatable bonds is 1. The molecular weight excluding hydrogens is 474 g/mol. The van der Waals surface area contributed by atoms with Gasteiger partial charge in [0.2, 0.25) is 0 Å². The van der Waals surface area contributed by atoms with Crippen molar-refractivity contribution in [2.45, 2.75) is 12.0 Å². The first-order valence-corrected chi connectivity index (χ1v) is 6.96. The molecule has 1 aromatic carbocycles. The van der Waals surface area contributed by atoms with E-state index >= 15 is 0 Å². The van der Waals surface area contributed by atoms with Crippen molar-refractivity contribution in [3.05, 3.63) is 24.8 Å². The Morgan fingerprint density at radius 1 is 1.44 bits per heavy atom. The fraction of sp³-hybridized carbons (Fsp3) is 0.300. The molecule has 1 amide bonds. The van der Waals surface area contributed by atoms with E-state index in [1.54, 1.807) is 6.07 Å². The molecule has 1 aliphatic rings. The lowest BCUT2D eigenvalue weighted by Crippen LogP contribution is -2.49. The highest BCUT2D eigenvalue weighted by Crippen LogP contribution is 2.40. The Morgan fingerprint density at radius 2 is 2.11 bits per heavy atom. The number of phenols is 1. The van der Waals surface area contributed by atoms with E-state index in [0.29, 0.717) is 7.14 Å². The predicted molar refractivity (Wildman–Crippen MR) is 75.7 cm³/mol. The molecule has 1 heterocycles. The van der Waals surface area contributed by atoms with Crippen molar-refractivity contribution in [2.24, 2.45) is 0 Å². The number of alkyl carbamates (subject to hydrolysis) is 1. The second-order valence-corrected chi connectivity index (χ2v) is 6.15. The quantitative estimate of drug-likeness (QED) is 0.607.